The summed E-state index contributed by atoms with van der Waals surface area (Å²) in [4.78, 5) is 32.3. The molecule has 9 heteroatoms. The van der Waals surface area contributed by atoms with E-state index in [0.717, 1.165) is 0 Å². The third kappa shape index (κ3) is 6.45. The molecule has 0 unspecified atom stereocenters. The summed E-state index contributed by atoms with van der Waals surface area (Å²) < 4.78 is 18.7. The van der Waals surface area contributed by atoms with Gasteiger partial charge in [0.05, 0.1) is 4.92 Å². The number of benzene rings is 1. The minimum atomic E-state index is -0.816. The molecule has 0 saturated heterocycles. The zero-order chi connectivity index (χ0) is 15.7. The van der Waals surface area contributed by atoms with Gasteiger partial charge in [0.25, 0.3) is 5.69 Å². The molecule has 0 bridgehead atoms. The largest absolute Gasteiger partial charge is 0.452 e. The van der Waals surface area contributed by atoms with E-state index in [0.29, 0.717) is 0 Å². The SMILES string of the molecule is COCOCC(=O)OCC(=O)Oc1ccc([N+](=O)[O-])cc1. The van der Waals surface area contributed by atoms with Gasteiger partial charge >= 0.3 is 11.9 Å². The number of methoxy groups -OCH3 is 1. The van der Waals surface area contributed by atoms with Gasteiger partial charge in [-0.1, -0.05) is 0 Å². The van der Waals surface area contributed by atoms with Crippen molar-refractivity contribution in [1.82, 2.24) is 0 Å². The molecule has 1 rings (SSSR count). The molecule has 0 fully saturated rings. The molecule has 0 spiro atoms. The molecule has 114 valence electrons. The Labute approximate surface area is 119 Å². The van der Waals surface area contributed by atoms with Crippen molar-refractivity contribution in [3.63, 3.8) is 0 Å². The molecule has 0 aliphatic carbocycles. The van der Waals surface area contributed by atoms with Gasteiger partial charge in [-0.3, -0.25) is 10.1 Å². The van der Waals surface area contributed by atoms with Gasteiger partial charge in [0.15, 0.2) is 6.61 Å². The van der Waals surface area contributed by atoms with Gasteiger partial charge < -0.3 is 18.9 Å². The molecule has 9 nitrogen and oxygen atoms in total. The molecular weight excluding hydrogens is 286 g/mol. The van der Waals surface area contributed by atoms with E-state index < -0.39 is 23.5 Å². The first-order valence-electron chi connectivity index (χ1n) is 5.70. The summed E-state index contributed by atoms with van der Waals surface area (Å²) in [6, 6.07) is 4.90. The number of nitrogens with zero attached hydrogens (tertiary/aromatic N) is 1. The van der Waals surface area contributed by atoms with E-state index in [-0.39, 0.29) is 24.8 Å². The van der Waals surface area contributed by atoms with E-state index in [9.17, 15) is 19.7 Å². The number of hydrogen-bond acceptors (Lipinski definition) is 8. The maximum Gasteiger partial charge on any atom is 0.349 e. The van der Waals surface area contributed by atoms with Crippen LogP contribution in [0.15, 0.2) is 24.3 Å². The number of hydrogen-bond donors (Lipinski definition) is 0. The molecule has 0 radical (unpaired) electrons. The lowest BCUT2D eigenvalue weighted by atomic mass is 10.3. The Balaban J connectivity index is 2.33. The summed E-state index contributed by atoms with van der Waals surface area (Å²) >= 11 is 0. The van der Waals surface area contributed by atoms with Crippen LogP contribution in [0.1, 0.15) is 0 Å². The lowest BCUT2D eigenvalue weighted by Gasteiger charge is -2.06. The van der Waals surface area contributed by atoms with Crippen LogP contribution in [-0.4, -0.2) is 44.0 Å². The van der Waals surface area contributed by atoms with E-state index in [4.69, 9.17) is 9.47 Å². The van der Waals surface area contributed by atoms with Crippen LogP contribution in [0.25, 0.3) is 0 Å². The zero-order valence-electron chi connectivity index (χ0n) is 11.1. The first kappa shape index (κ1) is 16.5. The number of carbonyl (C=O) groups is 2. The standard InChI is InChI=1S/C12H13NO8/c1-18-8-19-6-11(14)20-7-12(15)21-10-4-2-9(3-5-10)13(16)17/h2-5H,6-8H2,1H3. The van der Waals surface area contributed by atoms with Crippen molar-refractivity contribution in [3.8, 4) is 5.75 Å². The molecule has 0 amide bonds. The summed E-state index contributed by atoms with van der Waals surface area (Å²) in [6.45, 7) is -1.01. The van der Waals surface area contributed by atoms with Crippen LogP contribution in [0, 0.1) is 10.1 Å². The smallest absolute Gasteiger partial charge is 0.349 e. The Morgan fingerprint density at radius 2 is 1.81 bits per heavy atom. The molecule has 1 aromatic carbocycles. The first-order chi connectivity index (χ1) is 10.0. The third-order valence-electron chi connectivity index (χ3n) is 2.05. The highest BCUT2D eigenvalue weighted by atomic mass is 16.7. The highest BCUT2D eigenvalue weighted by Crippen LogP contribution is 2.17. The van der Waals surface area contributed by atoms with Crippen LogP contribution >= 0.6 is 0 Å². The fourth-order valence-corrected chi connectivity index (χ4v) is 1.19. The molecule has 1 aromatic rings. The summed E-state index contributed by atoms with van der Waals surface area (Å²) in [7, 11) is 1.40. The Hall–Kier alpha value is -2.52. The molecule has 0 saturated carbocycles. The Morgan fingerprint density at radius 1 is 1.14 bits per heavy atom. The Kier molecular flexibility index (Phi) is 6.78. The van der Waals surface area contributed by atoms with E-state index in [2.05, 4.69) is 9.47 Å². The van der Waals surface area contributed by atoms with Crippen LogP contribution in [-0.2, 0) is 23.8 Å². The van der Waals surface area contributed by atoms with Gasteiger partial charge in [-0.25, -0.2) is 9.59 Å². The number of nitro groups is 1. The Morgan fingerprint density at radius 3 is 2.38 bits per heavy atom. The van der Waals surface area contributed by atoms with Gasteiger partial charge in [0, 0.05) is 19.2 Å². The van der Waals surface area contributed by atoms with Gasteiger partial charge in [-0.05, 0) is 12.1 Å². The summed E-state index contributed by atoms with van der Waals surface area (Å²) in [5.41, 5.74) is -0.128. The summed E-state index contributed by atoms with van der Waals surface area (Å²) in [5, 5.41) is 10.4. The number of rotatable bonds is 8. The predicted octanol–water partition coefficient (Wildman–Crippen LogP) is 0.664. The zero-order valence-corrected chi connectivity index (χ0v) is 11.1. The molecule has 0 aliphatic heterocycles. The van der Waals surface area contributed by atoms with Crippen molar-refractivity contribution in [1.29, 1.82) is 0 Å². The van der Waals surface area contributed by atoms with Crippen LogP contribution in [0.5, 0.6) is 5.75 Å². The van der Waals surface area contributed by atoms with E-state index in [1.54, 1.807) is 0 Å². The number of ether oxygens (including phenoxy) is 4. The van der Waals surface area contributed by atoms with Crippen molar-refractivity contribution in [2.45, 2.75) is 0 Å². The second-order valence-electron chi connectivity index (χ2n) is 3.64. The lowest BCUT2D eigenvalue weighted by Crippen LogP contribution is -2.21. The maximum absolute atomic E-state index is 11.4. The predicted molar refractivity (Wildman–Crippen MR) is 67.5 cm³/mol. The maximum atomic E-state index is 11.4. The van der Waals surface area contributed by atoms with Crippen molar-refractivity contribution < 1.29 is 33.5 Å². The van der Waals surface area contributed by atoms with Crippen molar-refractivity contribution in [3.05, 3.63) is 34.4 Å². The van der Waals surface area contributed by atoms with Gasteiger partial charge in [-0.15, -0.1) is 0 Å². The molecule has 0 aromatic heterocycles. The van der Waals surface area contributed by atoms with E-state index >= 15 is 0 Å². The van der Waals surface area contributed by atoms with Crippen LogP contribution in [0.2, 0.25) is 0 Å². The summed E-state index contributed by atoms with van der Waals surface area (Å²) in [5.74, 6) is -1.45. The van der Waals surface area contributed by atoms with Gasteiger partial charge in [-0.2, -0.15) is 0 Å². The second kappa shape index (κ2) is 8.61. The van der Waals surface area contributed by atoms with Crippen LogP contribution in [0.4, 0.5) is 5.69 Å². The average Bonchev–Trinajstić information content (AvgIpc) is 2.46. The molecule has 21 heavy (non-hydrogen) atoms. The van der Waals surface area contributed by atoms with Crippen LogP contribution in [0.3, 0.4) is 0 Å². The minimum Gasteiger partial charge on any atom is -0.452 e. The highest BCUT2D eigenvalue weighted by Gasteiger charge is 2.11. The van der Waals surface area contributed by atoms with Gasteiger partial charge in [0.1, 0.15) is 19.1 Å². The van der Waals surface area contributed by atoms with Gasteiger partial charge in [0.2, 0.25) is 0 Å². The van der Waals surface area contributed by atoms with Crippen molar-refractivity contribution >= 4 is 17.6 Å². The monoisotopic (exact) mass is 299 g/mol. The minimum absolute atomic E-state index is 0.0671. The highest BCUT2D eigenvalue weighted by molar-refractivity contribution is 5.78. The quantitative estimate of drug-likeness (QED) is 0.172. The molecular formula is C12H13NO8. The fourth-order valence-electron chi connectivity index (χ4n) is 1.19. The van der Waals surface area contributed by atoms with E-state index in [1.807, 2.05) is 0 Å². The third-order valence-corrected chi connectivity index (χ3v) is 2.05. The number of carbonyl (C=O) groups excluding carboxylic acids is 2. The normalized spacial score (nSPS) is 9.95. The van der Waals surface area contributed by atoms with Crippen LogP contribution < -0.4 is 4.74 Å². The number of nitro benzene ring substituents is 1. The topological polar surface area (TPSA) is 114 Å². The Bertz CT molecular complexity index is 498. The molecule has 0 heterocycles. The van der Waals surface area contributed by atoms with Crippen molar-refractivity contribution in [2.24, 2.45) is 0 Å². The average molecular weight is 299 g/mol. The second-order valence-corrected chi connectivity index (χ2v) is 3.64. The molecule has 0 N–H and O–H groups in total. The van der Waals surface area contributed by atoms with Crippen molar-refractivity contribution in [2.75, 3.05) is 27.1 Å². The number of non-ortho nitro benzene ring substituents is 1. The molecule has 0 atom stereocenters. The lowest BCUT2D eigenvalue weighted by molar-refractivity contribution is -0.384. The first-order valence-corrected chi connectivity index (χ1v) is 5.70. The summed E-state index contributed by atoms with van der Waals surface area (Å²) in [6.07, 6.45) is 0. The molecule has 0 aliphatic rings. The fraction of sp³-hybridized carbons (Fsp3) is 0.333. The van der Waals surface area contributed by atoms with E-state index in [1.165, 1.54) is 31.4 Å². The number of esters is 2.